The van der Waals surface area contributed by atoms with Gasteiger partial charge in [-0.3, -0.25) is 9.78 Å². The average Bonchev–Trinajstić information content (AvgIpc) is 2.28. The van der Waals surface area contributed by atoms with Crippen LogP contribution in [0.25, 0.3) is 0 Å². The van der Waals surface area contributed by atoms with Crippen molar-refractivity contribution in [3.05, 3.63) is 23.8 Å². The number of alkyl halides is 3. The van der Waals surface area contributed by atoms with Gasteiger partial charge in [-0.05, 0) is 6.42 Å². The number of rotatable bonds is 5. The van der Waals surface area contributed by atoms with Gasteiger partial charge in [0.15, 0.2) is 0 Å². The Bertz CT molecular complexity index is 423. The number of carbonyl (C=O) groups is 1. The smallest absolute Gasteiger partial charge is 0.389 e. The summed E-state index contributed by atoms with van der Waals surface area (Å²) in [5.41, 5.74) is 4.83. The number of hydrogen-bond donors (Lipinski definition) is 2. The second-order valence-corrected chi connectivity index (χ2v) is 3.69. The van der Waals surface area contributed by atoms with Crippen molar-refractivity contribution in [1.82, 2.24) is 9.97 Å². The van der Waals surface area contributed by atoms with Crippen molar-refractivity contribution in [2.24, 2.45) is 5.73 Å². The fourth-order valence-electron chi connectivity index (χ4n) is 1.49. The van der Waals surface area contributed by atoms with Crippen molar-refractivity contribution in [3.8, 4) is 0 Å². The highest BCUT2D eigenvalue weighted by Gasteiger charge is 2.30. The van der Waals surface area contributed by atoms with E-state index in [0.29, 0.717) is 0 Å². The molecule has 3 N–H and O–H groups in total. The van der Waals surface area contributed by atoms with Gasteiger partial charge < -0.3 is 10.8 Å². The van der Waals surface area contributed by atoms with Crippen molar-refractivity contribution in [1.29, 1.82) is 0 Å². The topological polar surface area (TPSA) is 89.1 Å². The molecule has 1 aromatic rings. The van der Waals surface area contributed by atoms with Crippen molar-refractivity contribution in [2.75, 3.05) is 6.61 Å². The van der Waals surface area contributed by atoms with Gasteiger partial charge in [-0.15, -0.1) is 0 Å². The Labute approximate surface area is 101 Å². The summed E-state index contributed by atoms with van der Waals surface area (Å²) >= 11 is 0. The molecule has 0 aromatic carbocycles. The molecule has 1 rings (SSSR count). The van der Waals surface area contributed by atoms with E-state index in [1.165, 1.54) is 12.4 Å². The van der Waals surface area contributed by atoms with Crippen molar-refractivity contribution >= 4 is 5.91 Å². The molecular formula is C10H12F3N3O2. The molecule has 0 saturated heterocycles. The molecule has 0 aliphatic carbocycles. The molecule has 0 saturated carbocycles. The first-order valence-electron chi connectivity index (χ1n) is 5.13. The number of aliphatic hydroxyl groups excluding tert-OH is 1. The zero-order chi connectivity index (χ0) is 13.8. The molecular weight excluding hydrogens is 251 g/mol. The first-order valence-corrected chi connectivity index (χ1v) is 5.13. The van der Waals surface area contributed by atoms with Gasteiger partial charge in [-0.25, -0.2) is 4.98 Å². The molecule has 1 aromatic heterocycles. The molecule has 0 fully saturated rings. The molecule has 0 radical (unpaired) electrons. The van der Waals surface area contributed by atoms with E-state index in [1.807, 2.05) is 0 Å². The van der Waals surface area contributed by atoms with Gasteiger partial charge in [-0.2, -0.15) is 13.2 Å². The highest BCUT2D eigenvalue weighted by molar-refractivity contribution is 5.91. The van der Waals surface area contributed by atoms with Crippen LogP contribution in [0.15, 0.2) is 12.4 Å². The average molecular weight is 263 g/mol. The summed E-state index contributed by atoms with van der Waals surface area (Å²) in [6, 6.07) is 0. The second kappa shape index (κ2) is 5.76. The van der Waals surface area contributed by atoms with Gasteiger partial charge in [0.2, 0.25) is 0 Å². The lowest BCUT2D eigenvalue weighted by molar-refractivity contribution is -0.136. The lowest BCUT2D eigenvalue weighted by Gasteiger charge is -2.16. The predicted octanol–water partition coefficient (Wildman–Crippen LogP) is 0.994. The zero-order valence-corrected chi connectivity index (χ0v) is 9.31. The summed E-state index contributed by atoms with van der Waals surface area (Å²) in [6.45, 7) is -0.560. The minimum Gasteiger partial charge on any atom is -0.396 e. The SMILES string of the molecule is NC(=O)c1nccnc1C(CO)CCC(F)(F)F. The standard InChI is InChI=1S/C10H12F3N3O2/c11-10(12,13)2-1-6(5-17)7-8(9(14)18)16-4-3-15-7/h3-4,6,17H,1-2,5H2,(H2,14,18). The van der Waals surface area contributed by atoms with Gasteiger partial charge >= 0.3 is 6.18 Å². The van der Waals surface area contributed by atoms with Crippen LogP contribution in [0.2, 0.25) is 0 Å². The van der Waals surface area contributed by atoms with Gasteiger partial charge in [-0.1, -0.05) is 0 Å². The van der Waals surface area contributed by atoms with Gasteiger partial charge in [0.1, 0.15) is 5.69 Å². The normalized spacial score (nSPS) is 13.3. The Morgan fingerprint density at radius 1 is 1.39 bits per heavy atom. The van der Waals surface area contributed by atoms with Crippen LogP contribution in [0.4, 0.5) is 13.2 Å². The van der Waals surface area contributed by atoms with Crippen LogP contribution in [0.5, 0.6) is 0 Å². The second-order valence-electron chi connectivity index (χ2n) is 3.69. The summed E-state index contributed by atoms with van der Waals surface area (Å²) in [7, 11) is 0. The quantitative estimate of drug-likeness (QED) is 0.829. The van der Waals surface area contributed by atoms with Crippen molar-refractivity contribution in [3.63, 3.8) is 0 Å². The number of aromatic nitrogens is 2. The van der Waals surface area contributed by atoms with Gasteiger partial charge in [0.25, 0.3) is 5.91 Å². The van der Waals surface area contributed by atoms with Crippen LogP contribution < -0.4 is 5.73 Å². The Morgan fingerprint density at radius 3 is 2.50 bits per heavy atom. The van der Waals surface area contributed by atoms with E-state index in [4.69, 9.17) is 10.8 Å². The number of nitrogens with zero attached hydrogens (tertiary/aromatic N) is 2. The van der Waals surface area contributed by atoms with E-state index in [9.17, 15) is 18.0 Å². The molecule has 18 heavy (non-hydrogen) atoms. The zero-order valence-electron chi connectivity index (χ0n) is 9.31. The fraction of sp³-hybridized carbons (Fsp3) is 0.500. The fourth-order valence-corrected chi connectivity index (χ4v) is 1.49. The number of nitrogens with two attached hydrogens (primary N) is 1. The van der Waals surface area contributed by atoms with Crippen molar-refractivity contribution in [2.45, 2.75) is 24.9 Å². The number of halogens is 3. The minimum atomic E-state index is -4.33. The van der Waals surface area contributed by atoms with E-state index >= 15 is 0 Å². The van der Waals surface area contributed by atoms with E-state index in [-0.39, 0.29) is 17.8 Å². The molecule has 0 aliphatic rings. The van der Waals surface area contributed by atoms with E-state index in [2.05, 4.69) is 9.97 Å². The molecule has 0 spiro atoms. The summed E-state index contributed by atoms with van der Waals surface area (Å²) in [4.78, 5) is 18.5. The lowest BCUT2D eigenvalue weighted by atomic mass is 9.98. The minimum absolute atomic E-state index is 0.00301. The summed E-state index contributed by atoms with van der Waals surface area (Å²) in [5.74, 6) is -1.80. The predicted molar refractivity (Wildman–Crippen MR) is 55.7 cm³/mol. The number of hydrogen-bond acceptors (Lipinski definition) is 4. The Kier molecular flexibility index (Phi) is 4.60. The maximum absolute atomic E-state index is 12.1. The first-order chi connectivity index (χ1) is 8.35. The van der Waals surface area contributed by atoms with E-state index in [1.54, 1.807) is 0 Å². The third-order valence-electron chi connectivity index (χ3n) is 2.34. The molecule has 0 aliphatic heterocycles. The highest BCUT2D eigenvalue weighted by Crippen LogP contribution is 2.28. The van der Waals surface area contributed by atoms with E-state index < -0.39 is 31.0 Å². The largest absolute Gasteiger partial charge is 0.396 e. The molecule has 1 unspecified atom stereocenters. The van der Waals surface area contributed by atoms with Crippen molar-refractivity contribution < 1.29 is 23.1 Å². The molecule has 1 amide bonds. The number of primary amides is 1. The van der Waals surface area contributed by atoms with E-state index in [0.717, 1.165) is 0 Å². The Morgan fingerprint density at radius 2 is 2.00 bits per heavy atom. The van der Waals surface area contributed by atoms with Crippen LogP contribution in [0, 0.1) is 0 Å². The van der Waals surface area contributed by atoms with Crippen LogP contribution in [-0.4, -0.2) is 33.8 Å². The number of amides is 1. The third-order valence-corrected chi connectivity index (χ3v) is 2.34. The summed E-state index contributed by atoms with van der Waals surface area (Å²) in [5, 5.41) is 9.10. The monoisotopic (exact) mass is 263 g/mol. The van der Waals surface area contributed by atoms with Crippen LogP contribution in [-0.2, 0) is 0 Å². The maximum Gasteiger partial charge on any atom is 0.389 e. The van der Waals surface area contributed by atoms with Crippen LogP contribution in [0.1, 0.15) is 34.9 Å². The Balaban J connectivity index is 2.91. The number of aliphatic hydroxyl groups is 1. The molecule has 5 nitrogen and oxygen atoms in total. The summed E-state index contributed by atoms with van der Waals surface area (Å²) < 4.78 is 36.4. The molecule has 1 heterocycles. The summed E-state index contributed by atoms with van der Waals surface area (Å²) in [6.07, 6.45) is -3.34. The third kappa shape index (κ3) is 3.95. The van der Waals surface area contributed by atoms with Gasteiger partial charge in [0.05, 0.1) is 12.3 Å². The molecule has 0 bridgehead atoms. The molecule has 8 heteroatoms. The highest BCUT2D eigenvalue weighted by atomic mass is 19.4. The van der Waals surface area contributed by atoms with Gasteiger partial charge in [0, 0.05) is 24.7 Å². The lowest BCUT2D eigenvalue weighted by Crippen LogP contribution is -2.21. The maximum atomic E-state index is 12.1. The van der Waals surface area contributed by atoms with Crippen LogP contribution >= 0.6 is 0 Å². The molecule has 100 valence electrons. The molecule has 1 atom stereocenters. The van der Waals surface area contributed by atoms with Crippen LogP contribution in [0.3, 0.4) is 0 Å². The number of carbonyl (C=O) groups excluding carboxylic acids is 1. The first kappa shape index (κ1) is 14.4. The Hall–Kier alpha value is -1.70.